The normalized spacial score (nSPS) is 21.7. The fraction of sp³-hybridized carbons (Fsp3) is 0.600. The molecule has 1 aromatic heterocycles. The highest BCUT2D eigenvalue weighted by atomic mass is 32.1. The monoisotopic (exact) mass is 198 g/mol. The van der Waals surface area contributed by atoms with Crippen molar-refractivity contribution >= 4 is 11.3 Å². The van der Waals surface area contributed by atoms with Gasteiger partial charge in [-0.25, -0.2) is 0 Å². The van der Waals surface area contributed by atoms with E-state index in [-0.39, 0.29) is 0 Å². The van der Waals surface area contributed by atoms with Gasteiger partial charge in [-0.3, -0.25) is 0 Å². The first kappa shape index (κ1) is 9.19. The van der Waals surface area contributed by atoms with Crippen molar-refractivity contribution in [3.8, 4) is 0 Å². The lowest BCUT2D eigenvalue weighted by molar-refractivity contribution is -0.0659. The Morgan fingerprint density at radius 3 is 2.69 bits per heavy atom. The second-order valence-electron chi connectivity index (χ2n) is 3.58. The van der Waals surface area contributed by atoms with Gasteiger partial charge >= 0.3 is 0 Å². The van der Waals surface area contributed by atoms with Crippen molar-refractivity contribution in [3.05, 3.63) is 21.9 Å². The minimum atomic E-state index is -0.615. The molecular weight excluding hydrogens is 184 g/mol. The van der Waals surface area contributed by atoms with E-state index in [0.29, 0.717) is 13.2 Å². The van der Waals surface area contributed by atoms with E-state index < -0.39 is 5.60 Å². The minimum absolute atomic E-state index is 0.615. The molecule has 0 unspecified atom stereocenters. The highest BCUT2D eigenvalue weighted by Crippen LogP contribution is 2.36. The molecule has 0 bridgehead atoms. The summed E-state index contributed by atoms with van der Waals surface area (Å²) in [6.45, 7) is 3.40. The average molecular weight is 198 g/mol. The van der Waals surface area contributed by atoms with Crippen molar-refractivity contribution in [2.24, 2.45) is 0 Å². The molecule has 2 heterocycles. The van der Waals surface area contributed by atoms with E-state index in [4.69, 9.17) is 4.74 Å². The van der Waals surface area contributed by atoms with E-state index in [1.807, 2.05) is 5.38 Å². The molecule has 1 fully saturated rings. The number of hydrogen-bond acceptors (Lipinski definition) is 3. The Kier molecular flexibility index (Phi) is 2.41. The van der Waals surface area contributed by atoms with Crippen LogP contribution in [0.3, 0.4) is 0 Å². The van der Waals surface area contributed by atoms with E-state index in [2.05, 4.69) is 13.0 Å². The molecule has 1 aliphatic heterocycles. The molecule has 13 heavy (non-hydrogen) atoms. The van der Waals surface area contributed by atoms with E-state index in [1.54, 1.807) is 11.3 Å². The summed E-state index contributed by atoms with van der Waals surface area (Å²) in [5.41, 5.74) is 0.589. The molecule has 1 aliphatic rings. The van der Waals surface area contributed by atoms with Crippen molar-refractivity contribution in [2.75, 3.05) is 13.2 Å². The van der Waals surface area contributed by atoms with Gasteiger partial charge in [0.05, 0.1) is 0 Å². The van der Waals surface area contributed by atoms with Gasteiger partial charge in [0.1, 0.15) is 5.60 Å². The van der Waals surface area contributed by atoms with Gasteiger partial charge in [0, 0.05) is 30.9 Å². The van der Waals surface area contributed by atoms with Crippen LogP contribution in [-0.2, 0) is 10.3 Å². The molecule has 1 N–H and O–H groups in total. The second-order valence-corrected chi connectivity index (χ2v) is 4.49. The van der Waals surface area contributed by atoms with Gasteiger partial charge < -0.3 is 9.84 Å². The molecule has 0 aliphatic carbocycles. The lowest BCUT2D eigenvalue weighted by Gasteiger charge is -2.31. The summed E-state index contributed by atoms with van der Waals surface area (Å²) in [5.74, 6) is 0. The third-order valence-electron chi connectivity index (χ3n) is 2.60. The zero-order valence-corrected chi connectivity index (χ0v) is 8.56. The van der Waals surface area contributed by atoms with Gasteiger partial charge in [-0.05, 0) is 23.9 Å². The van der Waals surface area contributed by atoms with Crippen molar-refractivity contribution < 1.29 is 9.84 Å². The molecular formula is C10H14O2S. The Morgan fingerprint density at radius 2 is 2.15 bits per heavy atom. The number of hydrogen-bond donors (Lipinski definition) is 1. The largest absolute Gasteiger partial charge is 0.384 e. The molecule has 3 heteroatoms. The van der Waals surface area contributed by atoms with Gasteiger partial charge in [0.15, 0.2) is 0 Å². The lowest BCUT2D eigenvalue weighted by atomic mass is 9.91. The van der Waals surface area contributed by atoms with E-state index in [1.165, 1.54) is 5.56 Å². The molecule has 0 saturated carbocycles. The number of aryl methyl sites for hydroxylation is 1. The highest BCUT2D eigenvalue weighted by molar-refractivity contribution is 7.10. The number of thiophene rings is 1. The Balaban J connectivity index is 2.27. The van der Waals surface area contributed by atoms with Crippen molar-refractivity contribution in [1.29, 1.82) is 0 Å². The third-order valence-corrected chi connectivity index (χ3v) is 3.81. The van der Waals surface area contributed by atoms with Gasteiger partial charge in [0.25, 0.3) is 0 Å². The molecule has 0 aromatic carbocycles. The van der Waals surface area contributed by atoms with Crippen molar-refractivity contribution in [3.63, 3.8) is 0 Å². The topological polar surface area (TPSA) is 29.5 Å². The smallest absolute Gasteiger partial charge is 0.103 e. The number of ether oxygens (including phenoxy) is 1. The fourth-order valence-electron chi connectivity index (χ4n) is 1.79. The van der Waals surface area contributed by atoms with E-state index in [0.717, 1.165) is 17.7 Å². The van der Waals surface area contributed by atoms with E-state index >= 15 is 0 Å². The minimum Gasteiger partial charge on any atom is -0.384 e. The van der Waals surface area contributed by atoms with Gasteiger partial charge in [-0.1, -0.05) is 0 Å². The Hall–Kier alpha value is -0.380. The maximum absolute atomic E-state index is 10.3. The Morgan fingerprint density at radius 1 is 1.46 bits per heavy atom. The zero-order valence-electron chi connectivity index (χ0n) is 7.75. The Bertz CT molecular complexity index is 287. The van der Waals surface area contributed by atoms with Crippen LogP contribution in [0.4, 0.5) is 0 Å². The number of rotatable bonds is 1. The molecule has 0 spiro atoms. The molecule has 0 amide bonds. The second kappa shape index (κ2) is 3.40. The van der Waals surface area contributed by atoms with Gasteiger partial charge in [0.2, 0.25) is 0 Å². The maximum Gasteiger partial charge on any atom is 0.103 e. The van der Waals surface area contributed by atoms with Crippen LogP contribution >= 0.6 is 11.3 Å². The highest BCUT2D eigenvalue weighted by Gasteiger charge is 2.33. The van der Waals surface area contributed by atoms with Gasteiger partial charge in [-0.2, -0.15) is 0 Å². The molecule has 2 nitrogen and oxygen atoms in total. The third kappa shape index (κ3) is 1.64. The van der Waals surface area contributed by atoms with Crippen LogP contribution in [0, 0.1) is 6.92 Å². The fourth-order valence-corrected chi connectivity index (χ4v) is 2.87. The van der Waals surface area contributed by atoms with Crippen LogP contribution in [-0.4, -0.2) is 18.3 Å². The van der Waals surface area contributed by atoms with Crippen LogP contribution in [0.15, 0.2) is 11.4 Å². The van der Waals surface area contributed by atoms with Gasteiger partial charge in [-0.15, -0.1) is 11.3 Å². The van der Waals surface area contributed by atoms with Crippen LogP contribution in [0.25, 0.3) is 0 Å². The zero-order chi connectivity index (χ0) is 9.31. The van der Waals surface area contributed by atoms with Crippen LogP contribution < -0.4 is 0 Å². The van der Waals surface area contributed by atoms with Crippen LogP contribution in [0.1, 0.15) is 23.3 Å². The summed E-state index contributed by atoms with van der Waals surface area (Å²) in [6, 6.07) is 2.06. The molecule has 1 saturated heterocycles. The predicted octanol–water partition coefficient (Wildman–Crippen LogP) is 2.05. The molecule has 72 valence electrons. The van der Waals surface area contributed by atoms with Crippen LogP contribution in [0.2, 0.25) is 0 Å². The quantitative estimate of drug-likeness (QED) is 0.748. The summed E-state index contributed by atoms with van der Waals surface area (Å²) in [5, 5.41) is 12.4. The maximum atomic E-state index is 10.3. The first-order valence-corrected chi connectivity index (χ1v) is 5.45. The van der Waals surface area contributed by atoms with Crippen molar-refractivity contribution in [1.82, 2.24) is 0 Å². The summed E-state index contributed by atoms with van der Waals surface area (Å²) >= 11 is 1.65. The summed E-state index contributed by atoms with van der Waals surface area (Å²) in [6.07, 6.45) is 1.46. The summed E-state index contributed by atoms with van der Waals surface area (Å²) in [7, 11) is 0. The first-order chi connectivity index (χ1) is 6.22. The first-order valence-electron chi connectivity index (χ1n) is 4.57. The molecule has 2 rings (SSSR count). The number of aliphatic hydroxyl groups is 1. The van der Waals surface area contributed by atoms with Crippen LogP contribution in [0.5, 0.6) is 0 Å². The van der Waals surface area contributed by atoms with Crippen molar-refractivity contribution in [2.45, 2.75) is 25.4 Å². The standard InChI is InChI=1S/C10H14O2S/c1-8-2-7-13-9(8)10(11)3-5-12-6-4-10/h2,7,11H,3-6H2,1H3. The lowest BCUT2D eigenvalue weighted by Crippen LogP contribution is -2.33. The van der Waals surface area contributed by atoms with E-state index in [9.17, 15) is 5.11 Å². The molecule has 1 aromatic rings. The summed E-state index contributed by atoms with van der Waals surface area (Å²) in [4.78, 5) is 1.12. The molecule has 0 radical (unpaired) electrons. The summed E-state index contributed by atoms with van der Waals surface area (Å²) < 4.78 is 5.25. The average Bonchev–Trinajstić information content (AvgIpc) is 2.53. The Labute approximate surface area is 82.2 Å². The predicted molar refractivity (Wildman–Crippen MR) is 53.0 cm³/mol. The SMILES string of the molecule is Cc1ccsc1C1(O)CCOCC1. The molecule has 0 atom stereocenters.